The molecular formula is C13H18F3N3O. The average molecular weight is 289 g/mol. The molecule has 0 radical (unpaired) electrons. The number of aromatic nitrogens is 1. The van der Waals surface area contributed by atoms with Crippen molar-refractivity contribution in [3.8, 4) is 0 Å². The van der Waals surface area contributed by atoms with Crippen molar-refractivity contribution in [2.24, 2.45) is 0 Å². The molecular weight excluding hydrogens is 271 g/mol. The Balaban J connectivity index is 2.79. The van der Waals surface area contributed by atoms with Gasteiger partial charge in [-0.15, -0.1) is 0 Å². The van der Waals surface area contributed by atoms with E-state index in [1.807, 2.05) is 13.8 Å². The van der Waals surface area contributed by atoms with Crippen LogP contribution in [0.2, 0.25) is 0 Å². The molecule has 0 atom stereocenters. The summed E-state index contributed by atoms with van der Waals surface area (Å²) in [6.07, 6.45) is -5.31. The summed E-state index contributed by atoms with van der Waals surface area (Å²) >= 11 is 0. The van der Waals surface area contributed by atoms with Crippen LogP contribution < -0.4 is 10.6 Å². The molecule has 1 heterocycles. The summed E-state index contributed by atoms with van der Waals surface area (Å²) in [5, 5.41) is 5.09. The van der Waals surface area contributed by atoms with Gasteiger partial charge in [0.05, 0.1) is 6.42 Å². The second-order valence-electron chi connectivity index (χ2n) is 4.69. The van der Waals surface area contributed by atoms with E-state index in [0.29, 0.717) is 17.1 Å². The Morgan fingerprint density at radius 2 is 2.00 bits per heavy atom. The van der Waals surface area contributed by atoms with E-state index in [1.165, 1.54) is 6.07 Å². The van der Waals surface area contributed by atoms with E-state index in [9.17, 15) is 18.0 Å². The minimum absolute atomic E-state index is 0.116. The molecule has 112 valence electrons. The van der Waals surface area contributed by atoms with Gasteiger partial charge in [-0.1, -0.05) is 13.8 Å². The zero-order chi connectivity index (χ0) is 15.3. The highest BCUT2D eigenvalue weighted by molar-refractivity contribution is 5.95. The third kappa shape index (κ3) is 5.07. The first-order chi connectivity index (χ1) is 9.23. The number of anilines is 1. The molecule has 0 aliphatic heterocycles. The van der Waals surface area contributed by atoms with E-state index < -0.39 is 25.0 Å². The van der Waals surface area contributed by atoms with Crippen molar-refractivity contribution in [2.45, 2.75) is 32.4 Å². The second-order valence-corrected chi connectivity index (χ2v) is 4.69. The summed E-state index contributed by atoms with van der Waals surface area (Å²) in [7, 11) is 1.66. The quantitative estimate of drug-likeness (QED) is 0.876. The number of alkyl halides is 3. The molecule has 1 rings (SSSR count). The largest absolute Gasteiger partial charge is 0.390 e. The van der Waals surface area contributed by atoms with Gasteiger partial charge in [-0.25, -0.2) is 4.98 Å². The molecule has 0 fully saturated rings. The molecule has 7 heteroatoms. The number of carbonyl (C=O) groups is 1. The van der Waals surface area contributed by atoms with Crippen molar-refractivity contribution in [2.75, 3.05) is 18.9 Å². The lowest BCUT2D eigenvalue weighted by Crippen LogP contribution is -2.28. The predicted molar refractivity (Wildman–Crippen MR) is 70.9 cm³/mol. The van der Waals surface area contributed by atoms with Gasteiger partial charge < -0.3 is 10.6 Å². The Morgan fingerprint density at radius 1 is 1.35 bits per heavy atom. The van der Waals surface area contributed by atoms with Gasteiger partial charge >= 0.3 is 6.18 Å². The predicted octanol–water partition coefficient (Wildman–Crippen LogP) is 2.93. The van der Waals surface area contributed by atoms with Gasteiger partial charge in [-0.05, 0) is 18.1 Å². The van der Waals surface area contributed by atoms with Crippen LogP contribution in [0.25, 0.3) is 0 Å². The fourth-order valence-corrected chi connectivity index (χ4v) is 1.53. The Bertz CT molecular complexity index is 472. The number of nitrogens with one attached hydrogen (secondary N) is 2. The Hall–Kier alpha value is -1.79. The van der Waals surface area contributed by atoms with Crippen LogP contribution in [-0.2, 0) is 0 Å². The van der Waals surface area contributed by atoms with Crippen molar-refractivity contribution < 1.29 is 18.0 Å². The van der Waals surface area contributed by atoms with Crippen LogP contribution in [0.15, 0.2) is 12.1 Å². The lowest BCUT2D eigenvalue weighted by molar-refractivity contribution is -0.132. The third-order valence-corrected chi connectivity index (χ3v) is 2.65. The van der Waals surface area contributed by atoms with Crippen LogP contribution in [0.3, 0.4) is 0 Å². The zero-order valence-electron chi connectivity index (χ0n) is 11.6. The van der Waals surface area contributed by atoms with Crippen molar-refractivity contribution in [1.82, 2.24) is 10.3 Å². The number of carbonyl (C=O) groups excluding carboxylic acids is 1. The normalized spacial score (nSPS) is 11.6. The van der Waals surface area contributed by atoms with Crippen LogP contribution >= 0.6 is 0 Å². The van der Waals surface area contributed by atoms with Gasteiger partial charge in [0.1, 0.15) is 5.82 Å². The van der Waals surface area contributed by atoms with Gasteiger partial charge in [-0.2, -0.15) is 13.2 Å². The lowest BCUT2D eigenvalue weighted by atomic mass is 10.1. The molecule has 1 amide bonds. The highest BCUT2D eigenvalue weighted by atomic mass is 19.4. The molecule has 4 nitrogen and oxygen atoms in total. The van der Waals surface area contributed by atoms with E-state index in [4.69, 9.17) is 0 Å². The molecule has 0 bridgehead atoms. The molecule has 20 heavy (non-hydrogen) atoms. The zero-order valence-corrected chi connectivity index (χ0v) is 11.6. The first kappa shape index (κ1) is 16.3. The fourth-order valence-electron chi connectivity index (χ4n) is 1.53. The summed E-state index contributed by atoms with van der Waals surface area (Å²) in [6, 6.07) is 3.10. The van der Waals surface area contributed by atoms with Gasteiger partial charge in [0.25, 0.3) is 5.91 Å². The van der Waals surface area contributed by atoms with E-state index >= 15 is 0 Å². The molecule has 2 N–H and O–H groups in total. The Kier molecular flexibility index (Phi) is 5.35. The molecule has 1 aromatic heterocycles. The molecule has 0 saturated carbocycles. The molecule has 0 aliphatic carbocycles. The third-order valence-electron chi connectivity index (χ3n) is 2.65. The number of amides is 1. The summed E-state index contributed by atoms with van der Waals surface area (Å²) in [5.74, 6) is 0.0947. The van der Waals surface area contributed by atoms with Gasteiger partial charge in [-0.3, -0.25) is 4.79 Å². The summed E-state index contributed by atoms with van der Waals surface area (Å²) in [5.41, 5.74) is 1.01. The second kappa shape index (κ2) is 6.58. The highest BCUT2D eigenvalue weighted by Crippen LogP contribution is 2.19. The summed E-state index contributed by atoms with van der Waals surface area (Å²) in [6.45, 7) is 3.41. The van der Waals surface area contributed by atoms with Gasteiger partial charge in [0.2, 0.25) is 0 Å². The Morgan fingerprint density at radius 3 is 2.50 bits per heavy atom. The van der Waals surface area contributed by atoms with E-state index in [0.717, 1.165) is 0 Å². The topological polar surface area (TPSA) is 54.0 Å². The average Bonchev–Trinajstić information content (AvgIpc) is 2.36. The number of halogens is 3. The maximum atomic E-state index is 12.0. The maximum Gasteiger partial charge on any atom is 0.390 e. The fraction of sp³-hybridized carbons (Fsp3) is 0.538. The van der Waals surface area contributed by atoms with Crippen LogP contribution in [0.1, 0.15) is 42.2 Å². The smallest absolute Gasteiger partial charge is 0.373 e. The number of hydrogen-bond acceptors (Lipinski definition) is 3. The first-order valence-corrected chi connectivity index (χ1v) is 6.27. The van der Waals surface area contributed by atoms with E-state index in [1.54, 1.807) is 13.1 Å². The highest BCUT2D eigenvalue weighted by Gasteiger charge is 2.26. The molecule has 0 spiro atoms. The lowest BCUT2D eigenvalue weighted by Gasteiger charge is -2.12. The van der Waals surface area contributed by atoms with E-state index in [2.05, 4.69) is 15.6 Å². The van der Waals surface area contributed by atoms with Crippen LogP contribution in [0.4, 0.5) is 19.0 Å². The number of hydrogen-bond donors (Lipinski definition) is 2. The number of nitrogens with zero attached hydrogens (tertiary/aromatic N) is 1. The van der Waals surface area contributed by atoms with Crippen LogP contribution in [0.5, 0.6) is 0 Å². The van der Waals surface area contributed by atoms with Crippen molar-refractivity contribution in [3.63, 3.8) is 0 Å². The van der Waals surface area contributed by atoms with Gasteiger partial charge in [0, 0.05) is 24.8 Å². The van der Waals surface area contributed by atoms with Crippen molar-refractivity contribution in [1.29, 1.82) is 0 Å². The molecule has 0 unspecified atom stereocenters. The molecule has 0 aliphatic rings. The van der Waals surface area contributed by atoms with Gasteiger partial charge in [0.15, 0.2) is 0 Å². The van der Waals surface area contributed by atoms with Crippen LogP contribution in [-0.4, -0.2) is 30.7 Å². The monoisotopic (exact) mass is 289 g/mol. The molecule has 0 saturated heterocycles. The summed E-state index contributed by atoms with van der Waals surface area (Å²) < 4.78 is 36.1. The standard InChI is InChI=1S/C13H18F3N3O/c1-8(2)10-6-9(7-11(17-3)19-10)12(20)18-5-4-13(14,15)16/h6-8H,4-5H2,1-3H3,(H,17,19)(H,18,20). The first-order valence-electron chi connectivity index (χ1n) is 6.27. The minimum Gasteiger partial charge on any atom is -0.373 e. The minimum atomic E-state index is -4.27. The number of rotatable bonds is 5. The molecule has 0 aromatic carbocycles. The van der Waals surface area contributed by atoms with Crippen LogP contribution in [0, 0.1) is 0 Å². The molecule has 1 aromatic rings. The van der Waals surface area contributed by atoms with Crippen molar-refractivity contribution in [3.05, 3.63) is 23.4 Å². The number of pyridine rings is 1. The SMILES string of the molecule is CNc1cc(C(=O)NCCC(F)(F)F)cc(C(C)C)n1. The van der Waals surface area contributed by atoms with Crippen molar-refractivity contribution >= 4 is 11.7 Å². The summed E-state index contributed by atoms with van der Waals surface area (Å²) in [4.78, 5) is 16.1. The maximum absolute atomic E-state index is 12.0. The Labute approximate surface area is 115 Å². The van der Waals surface area contributed by atoms with E-state index in [-0.39, 0.29) is 5.92 Å².